The normalized spacial score (nSPS) is 22.7. The van der Waals surface area contributed by atoms with E-state index in [-0.39, 0.29) is 29.1 Å². The Bertz CT molecular complexity index is 698. The van der Waals surface area contributed by atoms with Gasteiger partial charge in [0.25, 0.3) is 10.0 Å². The summed E-state index contributed by atoms with van der Waals surface area (Å²) in [4.78, 5) is 22.9. The summed E-state index contributed by atoms with van der Waals surface area (Å²) in [6, 6.07) is 3.17. The molecule has 2 N–H and O–H groups in total. The minimum Gasteiger partial charge on any atom is -0.481 e. The van der Waals surface area contributed by atoms with Gasteiger partial charge < -0.3 is 10.4 Å². The number of aliphatic carboxylic acids is 1. The van der Waals surface area contributed by atoms with Crippen molar-refractivity contribution in [2.24, 2.45) is 11.8 Å². The molecule has 1 aromatic heterocycles. The Morgan fingerprint density at radius 2 is 2.09 bits per heavy atom. The number of piperidine rings is 1. The zero-order valence-electron chi connectivity index (χ0n) is 13.0. The van der Waals surface area contributed by atoms with Crippen LogP contribution in [-0.4, -0.2) is 42.8 Å². The maximum absolute atomic E-state index is 12.7. The third-order valence-corrected chi connectivity index (χ3v) is 7.10. The van der Waals surface area contributed by atoms with Crippen molar-refractivity contribution in [3.8, 4) is 0 Å². The Labute approximate surface area is 139 Å². The van der Waals surface area contributed by atoms with Crippen molar-refractivity contribution in [3.63, 3.8) is 0 Å². The monoisotopic (exact) mass is 360 g/mol. The topological polar surface area (TPSA) is 104 Å². The van der Waals surface area contributed by atoms with Gasteiger partial charge in [-0.2, -0.15) is 4.31 Å². The van der Waals surface area contributed by atoms with Gasteiger partial charge in [-0.1, -0.05) is 6.92 Å². The molecule has 0 spiro atoms. The maximum atomic E-state index is 12.7. The molecule has 0 aromatic carbocycles. The molecule has 0 saturated carbocycles. The van der Waals surface area contributed by atoms with Gasteiger partial charge in [0.1, 0.15) is 4.21 Å². The summed E-state index contributed by atoms with van der Waals surface area (Å²) in [5, 5.41) is 11.8. The van der Waals surface area contributed by atoms with Gasteiger partial charge in [0, 0.05) is 24.9 Å². The predicted molar refractivity (Wildman–Crippen MR) is 85.5 cm³/mol. The lowest BCUT2D eigenvalue weighted by atomic mass is 9.92. The molecule has 23 heavy (non-hydrogen) atoms. The minimum absolute atomic E-state index is 0.000928. The number of hydrogen-bond donors (Lipinski definition) is 2. The molecular weight excluding hydrogens is 340 g/mol. The average Bonchev–Trinajstić information content (AvgIpc) is 2.94. The van der Waals surface area contributed by atoms with Crippen LogP contribution in [0.5, 0.6) is 0 Å². The summed E-state index contributed by atoms with van der Waals surface area (Å²) >= 11 is 1.09. The van der Waals surface area contributed by atoms with Gasteiger partial charge in [0.2, 0.25) is 5.91 Å². The van der Waals surface area contributed by atoms with E-state index in [2.05, 4.69) is 5.32 Å². The number of amides is 1. The second-order valence-electron chi connectivity index (χ2n) is 5.83. The van der Waals surface area contributed by atoms with Crippen molar-refractivity contribution < 1.29 is 23.1 Å². The highest BCUT2D eigenvalue weighted by atomic mass is 32.2. The largest absolute Gasteiger partial charge is 0.481 e. The molecule has 1 aliphatic rings. The molecule has 1 aliphatic heterocycles. The molecule has 2 rings (SSSR count). The molecule has 2 heterocycles. The van der Waals surface area contributed by atoms with Gasteiger partial charge in [-0.05, 0) is 24.5 Å². The summed E-state index contributed by atoms with van der Waals surface area (Å²) in [5.41, 5.74) is 0. The van der Waals surface area contributed by atoms with Crippen molar-refractivity contribution in [2.45, 2.75) is 31.0 Å². The first-order valence-electron chi connectivity index (χ1n) is 7.26. The Kier molecular flexibility index (Phi) is 5.43. The fourth-order valence-electron chi connectivity index (χ4n) is 2.61. The molecule has 9 heteroatoms. The Morgan fingerprint density at radius 3 is 2.70 bits per heavy atom. The fourth-order valence-corrected chi connectivity index (χ4v) is 5.66. The van der Waals surface area contributed by atoms with Crippen LogP contribution in [0, 0.1) is 11.8 Å². The number of nitrogens with one attached hydrogen (secondary N) is 1. The Morgan fingerprint density at radius 1 is 1.39 bits per heavy atom. The van der Waals surface area contributed by atoms with Crippen LogP contribution in [0.1, 0.15) is 25.1 Å². The molecule has 0 bridgehead atoms. The van der Waals surface area contributed by atoms with E-state index in [1.54, 1.807) is 6.07 Å². The van der Waals surface area contributed by atoms with Crippen LogP contribution in [0.2, 0.25) is 0 Å². The smallest absolute Gasteiger partial charge is 0.307 e. The number of nitrogens with zero attached hydrogens (tertiary/aromatic N) is 1. The third-order valence-electron chi connectivity index (χ3n) is 3.72. The van der Waals surface area contributed by atoms with Crippen LogP contribution in [0.25, 0.3) is 0 Å². The zero-order valence-corrected chi connectivity index (χ0v) is 14.6. The van der Waals surface area contributed by atoms with Gasteiger partial charge in [-0.25, -0.2) is 8.42 Å². The summed E-state index contributed by atoms with van der Waals surface area (Å²) in [7, 11) is -3.70. The first kappa shape index (κ1) is 17.9. The van der Waals surface area contributed by atoms with Gasteiger partial charge in [-0.3, -0.25) is 9.59 Å². The van der Waals surface area contributed by atoms with Crippen molar-refractivity contribution in [1.82, 2.24) is 9.62 Å². The molecule has 1 aromatic rings. The molecule has 1 saturated heterocycles. The molecule has 2 atom stereocenters. The van der Waals surface area contributed by atoms with E-state index in [9.17, 15) is 23.1 Å². The second kappa shape index (κ2) is 6.98. The van der Waals surface area contributed by atoms with E-state index in [1.807, 2.05) is 6.92 Å². The lowest BCUT2D eigenvalue weighted by Gasteiger charge is -2.33. The number of carboxylic acid groups (broad SMARTS) is 1. The molecular formula is C14H20N2O5S2. The SMILES string of the molecule is CC(=O)NCc1ccc(S(=O)(=O)N2CC(C)CC(C(=O)O)C2)s1. The highest BCUT2D eigenvalue weighted by Crippen LogP contribution is 2.30. The summed E-state index contributed by atoms with van der Waals surface area (Å²) in [5.74, 6) is -1.82. The molecule has 1 fully saturated rings. The molecule has 0 radical (unpaired) electrons. The van der Waals surface area contributed by atoms with E-state index in [4.69, 9.17) is 0 Å². The molecule has 128 valence electrons. The van der Waals surface area contributed by atoms with Gasteiger partial charge in [-0.15, -0.1) is 11.3 Å². The quantitative estimate of drug-likeness (QED) is 0.819. The van der Waals surface area contributed by atoms with Crippen LogP contribution in [0.15, 0.2) is 16.3 Å². The number of carbonyl (C=O) groups is 2. The van der Waals surface area contributed by atoms with Gasteiger partial charge in [0.15, 0.2) is 0 Å². The number of thiophene rings is 1. The molecule has 2 unspecified atom stereocenters. The summed E-state index contributed by atoms with van der Waals surface area (Å²) < 4.78 is 26.9. The minimum atomic E-state index is -3.70. The van der Waals surface area contributed by atoms with E-state index in [1.165, 1.54) is 17.3 Å². The number of carbonyl (C=O) groups excluding carboxylic acids is 1. The second-order valence-corrected chi connectivity index (χ2v) is 9.16. The standard InChI is InChI=1S/C14H20N2O5S2/c1-9-5-11(14(18)19)8-16(7-9)23(20,21)13-4-3-12(22-13)6-15-10(2)17/h3-4,9,11H,5-8H2,1-2H3,(H,15,17)(H,18,19). The van der Waals surface area contributed by atoms with Crippen LogP contribution in [0.4, 0.5) is 0 Å². The lowest BCUT2D eigenvalue weighted by molar-refractivity contribution is -0.143. The maximum Gasteiger partial charge on any atom is 0.307 e. The number of hydrogen-bond acceptors (Lipinski definition) is 5. The number of sulfonamides is 1. The van der Waals surface area contributed by atoms with E-state index in [0.29, 0.717) is 13.0 Å². The first-order valence-corrected chi connectivity index (χ1v) is 9.52. The van der Waals surface area contributed by atoms with Crippen LogP contribution < -0.4 is 5.32 Å². The van der Waals surface area contributed by atoms with Crippen molar-refractivity contribution in [2.75, 3.05) is 13.1 Å². The van der Waals surface area contributed by atoms with Crippen molar-refractivity contribution >= 4 is 33.2 Å². The van der Waals surface area contributed by atoms with E-state index < -0.39 is 21.9 Å². The third kappa shape index (κ3) is 4.30. The zero-order chi connectivity index (χ0) is 17.2. The Hall–Kier alpha value is -1.45. The fraction of sp³-hybridized carbons (Fsp3) is 0.571. The number of rotatable bonds is 5. The highest BCUT2D eigenvalue weighted by Gasteiger charge is 2.36. The van der Waals surface area contributed by atoms with Crippen molar-refractivity contribution in [1.29, 1.82) is 0 Å². The van der Waals surface area contributed by atoms with E-state index >= 15 is 0 Å². The highest BCUT2D eigenvalue weighted by molar-refractivity contribution is 7.91. The van der Waals surface area contributed by atoms with Gasteiger partial charge in [0.05, 0.1) is 12.5 Å². The molecule has 0 aliphatic carbocycles. The number of carboxylic acids is 1. The van der Waals surface area contributed by atoms with Crippen LogP contribution >= 0.6 is 11.3 Å². The van der Waals surface area contributed by atoms with Crippen LogP contribution in [0.3, 0.4) is 0 Å². The molecule has 7 nitrogen and oxygen atoms in total. The molecule has 1 amide bonds. The first-order chi connectivity index (χ1) is 10.7. The summed E-state index contributed by atoms with van der Waals surface area (Å²) in [6.07, 6.45) is 0.486. The lowest BCUT2D eigenvalue weighted by Crippen LogP contribution is -2.45. The predicted octanol–water partition coefficient (Wildman–Crippen LogP) is 1.12. The van der Waals surface area contributed by atoms with Crippen molar-refractivity contribution in [3.05, 3.63) is 17.0 Å². The van der Waals surface area contributed by atoms with Crippen LogP contribution in [-0.2, 0) is 26.2 Å². The average molecular weight is 360 g/mol. The van der Waals surface area contributed by atoms with E-state index in [0.717, 1.165) is 16.2 Å². The van der Waals surface area contributed by atoms with Gasteiger partial charge >= 0.3 is 5.97 Å². The summed E-state index contributed by atoms with van der Waals surface area (Å²) in [6.45, 7) is 3.86. The Balaban J connectivity index is 2.17.